The SMILES string of the molecule is COCCC(C)NS(=O)(=O)c1ccc(C(N)=S)cc1. The molecular weight excluding hydrogens is 284 g/mol. The van der Waals surface area contributed by atoms with Crippen LogP contribution in [0.3, 0.4) is 0 Å². The maximum absolute atomic E-state index is 12.1. The lowest BCUT2D eigenvalue weighted by Gasteiger charge is -2.13. The van der Waals surface area contributed by atoms with Crippen LogP contribution in [0.15, 0.2) is 29.2 Å². The van der Waals surface area contributed by atoms with E-state index in [0.29, 0.717) is 18.6 Å². The molecule has 0 saturated carbocycles. The molecule has 0 aromatic heterocycles. The fourth-order valence-electron chi connectivity index (χ4n) is 1.48. The second kappa shape index (κ2) is 6.95. The Morgan fingerprint density at radius 2 is 2.00 bits per heavy atom. The number of rotatable bonds is 7. The first-order valence-electron chi connectivity index (χ1n) is 5.78. The van der Waals surface area contributed by atoms with Crippen LogP contribution in [0, 0.1) is 0 Å². The van der Waals surface area contributed by atoms with Crippen LogP contribution in [0.25, 0.3) is 0 Å². The molecule has 0 aliphatic rings. The summed E-state index contributed by atoms with van der Waals surface area (Å²) in [6, 6.07) is 5.97. The van der Waals surface area contributed by atoms with Crippen molar-refractivity contribution in [2.75, 3.05) is 13.7 Å². The highest BCUT2D eigenvalue weighted by Gasteiger charge is 2.17. The third kappa shape index (κ3) is 4.87. The molecule has 0 spiro atoms. The molecule has 5 nitrogen and oxygen atoms in total. The van der Waals surface area contributed by atoms with E-state index in [2.05, 4.69) is 4.72 Å². The van der Waals surface area contributed by atoms with Gasteiger partial charge in [-0.15, -0.1) is 0 Å². The van der Waals surface area contributed by atoms with Gasteiger partial charge in [0.05, 0.1) is 4.90 Å². The normalized spacial score (nSPS) is 13.2. The number of methoxy groups -OCH3 is 1. The topological polar surface area (TPSA) is 81.4 Å². The summed E-state index contributed by atoms with van der Waals surface area (Å²) in [5.41, 5.74) is 6.10. The van der Waals surface area contributed by atoms with Crippen molar-refractivity contribution >= 4 is 27.2 Å². The van der Waals surface area contributed by atoms with E-state index >= 15 is 0 Å². The summed E-state index contributed by atoms with van der Waals surface area (Å²) in [6.07, 6.45) is 0.612. The fraction of sp³-hybridized carbons (Fsp3) is 0.417. The smallest absolute Gasteiger partial charge is 0.240 e. The van der Waals surface area contributed by atoms with Gasteiger partial charge < -0.3 is 10.5 Å². The Labute approximate surface area is 119 Å². The van der Waals surface area contributed by atoms with E-state index in [-0.39, 0.29) is 15.9 Å². The number of benzene rings is 1. The third-order valence-electron chi connectivity index (χ3n) is 2.56. The lowest BCUT2D eigenvalue weighted by atomic mass is 10.2. The average Bonchev–Trinajstić information content (AvgIpc) is 2.36. The summed E-state index contributed by atoms with van der Waals surface area (Å²) in [5, 5.41) is 0. The molecule has 0 amide bonds. The Kier molecular flexibility index (Phi) is 5.86. The molecule has 1 rings (SSSR count). The number of hydrogen-bond donors (Lipinski definition) is 2. The van der Waals surface area contributed by atoms with Gasteiger partial charge in [-0.05, 0) is 25.5 Å². The second-order valence-corrected chi connectivity index (χ2v) is 6.35. The number of sulfonamides is 1. The van der Waals surface area contributed by atoms with Crippen molar-refractivity contribution in [3.63, 3.8) is 0 Å². The van der Waals surface area contributed by atoms with Crippen molar-refractivity contribution in [3.05, 3.63) is 29.8 Å². The van der Waals surface area contributed by atoms with E-state index in [1.165, 1.54) is 12.1 Å². The molecule has 19 heavy (non-hydrogen) atoms. The second-order valence-electron chi connectivity index (χ2n) is 4.19. The summed E-state index contributed by atoms with van der Waals surface area (Å²) >= 11 is 4.82. The number of thiocarbonyl (C=S) groups is 1. The van der Waals surface area contributed by atoms with Gasteiger partial charge >= 0.3 is 0 Å². The van der Waals surface area contributed by atoms with Gasteiger partial charge in [0.25, 0.3) is 0 Å². The van der Waals surface area contributed by atoms with E-state index in [1.807, 2.05) is 0 Å². The minimum absolute atomic E-state index is 0.191. The zero-order valence-electron chi connectivity index (χ0n) is 10.9. The van der Waals surface area contributed by atoms with Crippen molar-refractivity contribution in [1.82, 2.24) is 4.72 Å². The number of nitrogens with two attached hydrogens (primary N) is 1. The first-order valence-corrected chi connectivity index (χ1v) is 7.67. The summed E-state index contributed by atoms with van der Waals surface area (Å²) in [6.45, 7) is 2.30. The molecule has 0 bridgehead atoms. The molecule has 0 heterocycles. The molecule has 106 valence electrons. The van der Waals surface area contributed by atoms with E-state index in [9.17, 15) is 8.42 Å². The predicted molar refractivity (Wildman–Crippen MR) is 78.6 cm³/mol. The molecule has 1 atom stereocenters. The van der Waals surface area contributed by atoms with Crippen molar-refractivity contribution in [2.24, 2.45) is 5.73 Å². The third-order valence-corrected chi connectivity index (χ3v) is 4.40. The van der Waals surface area contributed by atoms with Crippen LogP contribution in [0.2, 0.25) is 0 Å². The highest BCUT2D eigenvalue weighted by atomic mass is 32.2. The van der Waals surface area contributed by atoms with Crippen molar-refractivity contribution in [3.8, 4) is 0 Å². The van der Waals surface area contributed by atoms with Crippen molar-refractivity contribution in [2.45, 2.75) is 24.3 Å². The highest BCUT2D eigenvalue weighted by Crippen LogP contribution is 2.11. The van der Waals surface area contributed by atoms with Gasteiger partial charge in [0.2, 0.25) is 10.0 Å². The Hall–Kier alpha value is -1.02. The average molecular weight is 302 g/mol. The van der Waals surface area contributed by atoms with Crippen LogP contribution >= 0.6 is 12.2 Å². The Balaban J connectivity index is 2.79. The molecule has 0 aliphatic heterocycles. The molecule has 7 heteroatoms. The summed E-state index contributed by atoms with van der Waals surface area (Å²) in [4.78, 5) is 0.433. The first-order chi connectivity index (χ1) is 8.86. The van der Waals surface area contributed by atoms with Crippen LogP contribution in [0.4, 0.5) is 0 Å². The molecule has 0 radical (unpaired) electrons. The quantitative estimate of drug-likeness (QED) is 0.735. The molecule has 1 unspecified atom stereocenters. The standard InChI is InChI=1S/C12H18N2O3S2/c1-9(7-8-17-2)14-19(15,16)11-5-3-10(4-6-11)12(13)18/h3-6,9,14H,7-8H2,1-2H3,(H2,13,18). The molecule has 0 saturated heterocycles. The number of hydrogen-bond acceptors (Lipinski definition) is 4. The molecule has 0 fully saturated rings. The lowest BCUT2D eigenvalue weighted by molar-refractivity contribution is 0.188. The van der Waals surface area contributed by atoms with E-state index < -0.39 is 10.0 Å². The monoisotopic (exact) mass is 302 g/mol. The van der Waals surface area contributed by atoms with Crippen molar-refractivity contribution < 1.29 is 13.2 Å². The summed E-state index contributed by atoms with van der Waals surface area (Å²) in [7, 11) is -1.94. The van der Waals surface area contributed by atoms with Crippen LogP contribution in [-0.4, -0.2) is 33.2 Å². The van der Waals surface area contributed by atoms with Gasteiger partial charge in [0, 0.05) is 25.3 Å². The summed E-state index contributed by atoms with van der Waals surface area (Å²) < 4.78 is 31.6. The maximum atomic E-state index is 12.1. The summed E-state index contributed by atoms with van der Waals surface area (Å²) in [5.74, 6) is 0. The van der Waals surface area contributed by atoms with Crippen LogP contribution in [-0.2, 0) is 14.8 Å². The zero-order valence-corrected chi connectivity index (χ0v) is 12.6. The number of nitrogens with one attached hydrogen (secondary N) is 1. The number of ether oxygens (including phenoxy) is 1. The van der Waals surface area contributed by atoms with E-state index in [4.69, 9.17) is 22.7 Å². The minimum Gasteiger partial charge on any atom is -0.389 e. The van der Waals surface area contributed by atoms with E-state index in [1.54, 1.807) is 26.2 Å². The zero-order chi connectivity index (χ0) is 14.5. The first kappa shape index (κ1) is 16.0. The van der Waals surface area contributed by atoms with Crippen molar-refractivity contribution in [1.29, 1.82) is 0 Å². The van der Waals surface area contributed by atoms with Gasteiger partial charge in [-0.3, -0.25) is 0 Å². The Bertz CT molecular complexity index is 526. The van der Waals surface area contributed by atoms with Crippen LogP contribution in [0.5, 0.6) is 0 Å². The van der Waals surface area contributed by atoms with Gasteiger partial charge in [0.15, 0.2) is 0 Å². The van der Waals surface area contributed by atoms with Gasteiger partial charge in [-0.2, -0.15) is 0 Å². The molecule has 3 N–H and O–H groups in total. The Morgan fingerprint density at radius 1 is 1.42 bits per heavy atom. The highest BCUT2D eigenvalue weighted by molar-refractivity contribution is 7.89. The fourth-order valence-corrected chi connectivity index (χ4v) is 2.90. The van der Waals surface area contributed by atoms with Gasteiger partial charge in [-0.25, -0.2) is 13.1 Å². The minimum atomic E-state index is -3.52. The largest absolute Gasteiger partial charge is 0.389 e. The predicted octanol–water partition coefficient (Wildman–Crippen LogP) is 1.02. The Morgan fingerprint density at radius 3 is 2.47 bits per heavy atom. The molecular formula is C12H18N2O3S2. The molecule has 1 aromatic rings. The molecule has 0 aliphatic carbocycles. The maximum Gasteiger partial charge on any atom is 0.240 e. The van der Waals surface area contributed by atoms with Gasteiger partial charge in [-0.1, -0.05) is 24.4 Å². The lowest BCUT2D eigenvalue weighted by Crippen LogP contribution is -2.33. The van der Waals surface area contributed by atoms with Crippen LogP contribution < -0.4 is 10.5 Å². The van der Waals surface area contributed by atoms with E-state index in [0.717, 1.165) is 0 Å². The van der Waals surface area contributed by atoms with Crippen LogP contribution in [0.1, 0.15) is 18.9 Å². The molecule has 1 aromatic carbocycles. The van der Waals surface area contributed by atoms with Gasteiger partial charge in [0.1, 0.15) is 4.99 Å².